The molecule has 0 bridgehead atoms. The molecule has 0 radical (unpaired) electrons. The first-order chi connectivity index (χ1) is 11.4. The van der Waals surface area contributed by atoms with Crippen LogP contribution in [0.1, 0.15) is 6.42 Å². The molecule has 24 heavy (non-hydrogen) atoms. The minimum atomic E-state index is -2.62. The Hall–Kier alpha value is -1.54. The molecule has 0 spiro atoms. The minimum absolute atomic E-state index is 0.0207. The number of carbonyl (C=O) groups is 2. The second kappa shape index (κ2) is 8.53. The maximum Gasteiger partial charge on any atom is 0.255 e. The van der Waals surface area contributed by atoms with E-state index in [0.29, 0.717) is 5.69 Å². The van der Waals surface area contributed by atoms with Gasteiger partial charge < -0.3 is 14.5 Å². The number of rotatable bonds is 7. The van der Waals surface area contributed by atoms with E-state index in [1.165, 1.54) is 12.0 Å². The van der Waals surface area contributed by atoms with Gasteiger partial charge in [-0.2, -0.15) is 0 Å². The lowest BCUT2D eigenvalue weighted by atomic mass is 10.1. The smallest absolute Gasteiger partial charge is 0.255 e. The van der Waals surface area contributed by atoms with E-state index in [2.05, 4.69) is 15.9 Å². The van der Waals surface area contributed by atoms with Gasteiger partial charge in [0, 0.05) is 31.1 Å². The first kappa shape index (κ1) is 18.8. The summed E-state index contributed by atoms with van der Waals surface area (Å²) in [5.74, 6) is -1.25. The van der Waals surface area contributed by atoms with Gasteiger partial charge in [-0.15, -0.1) is 0 Å². The summed E-state index contributed by atoms with van der Waals surface area (Å²) in [6, 6.07) is 7.20. The van der Waals surface area contributed by atoms with Crippen LogP contribution in [0.15, 0.2) is 28.7 Å². The highest BCUT2D eigenvalue weighted by Crippen LogP contribution is 2.31. The van der Waals surface area contributed by atoms with Crippen molar-refractivity contribution >= 4 is 33.4 Å². The van der Waals surface area contributed by atoms with Crippen molar-refractivity contribution in [2.45, 2.75) is 12.8 Å². The molecule has 1 heterocycles. The summed E-state index contributed by atoms with van der Waals surface area (Å²) in [6.45, 7) is -0.207. The Labute approximate surface area is 147 Å². The van der Waals surface area contributed by atoms with Crippen molar-refractivity contribution in [1.82, 2.24) is 4.90 Å². The molecule has 0 aromatic heterocycles. The van der Waals surface area contributed by atoms with E-state index in [0.717, 1.165) is 9.37 Å². The molecule has 132 valence electrons. The maximum atomic E-state index is 12.7. The molecule has 0 N–H and O–H groups in total. The van der Waals surface area contributed by atoms with Crippen LogP contribution in [-0.4, -0.2) is 56.5 Å². The lowest BCUT2D eigenvalue weighted by Gasteiger charge is -2.25. The number of anilines is 1. The average Bonchev–Trinajstić information content (AvgIpc) is 2.92. The largest absolute Gasteiger partial charge is 0.383 e. The predicted molar refractivity (Wildman–Crippen MR) is 89.1 cm³/mol. The standard InChI is InChI=1S/C16H19BrF2N2O3/c1-24-7-6-20(10-14(18)19)16(23)11-8-15(22)21(9-11)13-5-3-2-4-12(13)17/h2-5,11,14H,6-10H2,1H3. The molecule has 1 aromatic carbocycles. The minimum Gasteiger partial charge on any atom is -0.383 e. The number of carbonyl (C=O) groups excluding carboxylic acids is 2. The summed E-state index contributed by atoms with van der Waals surface area (Å²) in [4.78, 5) is 27.4. The number of hydrogen-bond acceptors (Lipinski definition) is 3. The maximum absolute atomic E-state index is 12.7. The van der Waals surface area contributed by atoms with E-state index in [-0.39, 0.29) is 32.0 Å². The zero-order valence-electron chi connectivity index (χ0n) is 13.3. The molecular weight excluding hydrogens is 386 g/mol. The third-order valence-corrected chi connectivity index (χ3v) is 4.52. The summed E-state index contributed by atoms with van der Waals surface area (Å²) in [7, 11) is 1.44. The van der Waals surface area contributed by atoms with Crippen molar-refractivity contribution < 1.29 is 23.1 Å². The van der Waals surface area contributed by atoms with E-state index >= 15 is 0 Å². The van der Waals surface area contributed by atoms with Gasteiger partial charge in [0.05, 0.1) is 24.8 Å². The predicted octanol–water partition coefficient (Wildman–Crippen LogP) is 2.54. The molecule has 2 rings (SSSR count). The van der Waals surface area contributed by atoms with Crippen molar-refractivity contribution in [3.8, 4) is 0 Å². The van der Waals surface area contributed by atoms with Crippen LogP contribution in [0.3, 0.4) is 0 Å². The van der Waals surface area contributed by atoms with Gasteiger partial charge in [0.1, 0.15) is 0 Å². The molecule has 1 unspecified atom stereocenters. The van der Waals surface area contributed by atoms with Gasteiger partial charge in [0.25, 0.3) is 6.43 Å². The Balaban J connectivity index is 2.10. The number of alkyl halides is 2. The highest BCUT2D eigenvalue weighted by Gasteiger charge is 2.38. The van der Waals surface area contributed by atoms with Gasteiger partial charge in [0.15, 0.2) is 0 Å². The molecule has 1 aliphatic heterocycles. The zero-order chi connectivity index (χ0) is 17.7. The van der Waals surface area contributed by atoms with Crippen LogP contribution in [0, 0.1) is 5.92 Å². The number of halogens is 3. The lowest BCUT2D eigenvalue weighted by Crippen LogP contribution is -2.42. The Bertz CT molecular complexity index is 600. The van der Waals surface area contributed by atoms with E-state index in [1.54, 1.807) is 18.2 Å². The van der Waals surface area contributed by atoms with Crippen molar-refractivity contribution in [2.24, 2.45) is 5.92 Å². The van der Waals surface area contributed by atoms with Crippen LogP contribution >= 0.6 is 15.9 Å². The van der Waals surface area contributed by atoms with E-state index < -0.39 is 24.8 Å². The Morgan fingerprint density at radius 1 is 1.46 bits per heavy atom. The topological polar surface area (TPSA) is 49.9 Å². The van der Waals surface area contributed by atoms with Crippen molar-refractivity contribution in [1.29, 1.82) is 0 Å². The lowest BCUT2D eigenvalue weighted by molar-refractivity contribution is -0.138. The second-order valence-corrected chi connectivity index (χ2v) is 6.38. The number of amides is 2. The third kappa shape index (κ3) is 4.51. The SMILES string of the molecule is COCCN(CC(F)F)C(=O)C1CC(=O)N(c2ccccc2Br)C1. The van der Waals surface area contributed by atoms with Gasteiger partial charge in [-0.3, -0.25) is 9.59 Å². The van der Waals surface area contributed by atoms with E-state index in [4.69, 9.17) is 4.74 Å². The Kier molecular flexibility index (Phi) is 6.68. The van der Waals surface area contributed by atoms with E-state index in [1.807, 2.05) is 6.07 Å². The molecule has 5 nitrogen and oxygen atoms in total. The number of para-hydroxylation sites is 1. The molecule has 0 saturated carbocycles. The summed E-state index contributed by atoms with van der Waals surface area (Å²) in [6.07, 6.45) is -2.60. The van der Waals surface area contributed by atoms with Crippen LogP contribution in [0.2, 0.25) is 0 Å². The number of methoxy groups -OCH3 is 1. The van der Waals surface area contributed by atoms with Crippen molar-refractivity contribution in [3.05, 3.63) is 28.7 Å². The number of hydrogen-bond donors (Lipinski definition) is 0. The first-order valence-corrected chi connectivity index (χ1v) is 8.34. The number of benzene rings is 1. The van der Waals surface area contributed by atoms with Crippen LogP contribution in [-0.2, 0) is 14.3 Å². The molecule has 1 fully saturated rings. The molecule has 1 aromatic rings. The molecule has 1 atom stereocenters. The first-order valence-electron chi connectivity index (χ1n) is 7.54. The van der Waals surface area contributed by atoms with Crippen LogP contribution in [0.25, 0.3) is 0 Å². The summed E-state index contributed by atoms with van der Waals surface area (Å²) in [5.41, 5.74) is 0.676. The van der Waals surface area contributed by atoms with Gasteiger partial charge in [-0.1, -0.05) is 12.1 Å². The summed E-state index contributed by atoms with van der Waals surface area (Å²) >= 11 is 3.38. The Morgan fingerprint density at radius 2 is 2.17 bits per heavy atom. The molecular formula is C16H19BrF2N2O3. The Morgan fingerprint density at radius 3 is 2.79 bits per heavy atom. The fourth-order valence-electron chi connectivity index (χ4n) is 2.69. The summed E-state index contributed by atoms with van der Waals surface area (Å²) in [5, 5.41) is 0. The van der Waals surface area contributed by atoms with Gasteiger partial charge in [-0.25, -0.2) is 8.78 Å². The fourth-order valence-corrected chi connectivity index (χ4v) is 3.19. The monoisotopic (exact) mass is 404 g/mol. The normalized spacial score (nSPS) is 17.6. The molecule has 2 amide bonds. The fraction of sp³-hybridized carbons (Fsp3) is 0.500. The van der Waals surface area contributed by atoms with Crippen LogP contribution < -0.4 is 4.90 Å². The molecule has 1 aliphatic rings. The molecule has 1 saturated heterocycles. The number of nitrogens with zero attached hydrogens (tertiary/aromatic N) is 2. The highest BCUT2D eigenvalue weighted by molar-refractivity contribution is 9.10. The highest BCUT2D eigenvalue weighted by atomic mass is 79.9. The van der Waals surface area contributed by atoms with Gasteiger partial charge >= 0.3 is 0 Å². The molecule has 0 aliphatic carbocycles. The second-order valence-electron chi connectivity index (χ2n) is 5.52. The van der Waals surface area contributed by atoms with Crippen LogP contribution in [0.4, 0.5) is 14.5 Å². The number of ether oxygens (including phenoxy) is 1. The quantitative estimate of drug-likeness (QED) is 0.701. The van der Waals surface area contributed by atoms with Gasteiger partial charge in [-0.05, 0) is 28.1 Å². The third-order valence-electron chi connectivity index (χ3n) is 3.85. The zero-order valence-corrected chi connectivity index (χ0v) is 14.8. The molecule has 8 heteroatoms. The summed E-state index contributed by atoms with van der Waals surface area (Å²) < 4.78 is 31.0. The average molecular weight is 405 g/mol. The van der Waals surface area contributed by atoms with Gasteiger partial charge in [0.2, 0.25) is 11.8 Å². The van der Waals surface area contributed by atoms with Crippen molar-refractivity contribution in [3.63, 3.8) is 0 Å². The van der Waals surface area contributed by atoms with Crippen LogP contribution in [0.5, 0.6) is 0 Å². The van der Waals surface area contributed by atoms with Crippen molar-refractivity contribution in [2.75, 3.05) is 38.3 Å². The van der Waals surface area contributed by atoms with E-state index in [9.17, 15) is 18.4 Å².